The molecule has 0 aromatic heterocycles. The summed E-state index contributed by atoms with van der Waals surface area (Å²) in [6.07, 6.45) is -0.105. The van der Waals surface area contributed by atoms with Gasteiger partial charge in [0.25, 0.3) is 0 Å². The average Bonchev–Trinajstić information content (AvgIpc) is 2.17. The van der Waals surface area contributed by atoms with Gasteiger partial charge < -0.3 is 10.8 Å². The van der Waals surface area contributed by atoms with Crippen molar-refractivity contribution in [3.05, 3.63) is 35.1 Å². The predicted octanol–water partition coefficient (Wildman–Crippen LogP) is 2.43. The summed E-state index contributed by atoms with van der Waals surface area (Å²) in [5, 5.41) is 8.88. The van der Waals surface area contributed by atoms with Crippen molar-refractivity contribution >= 4 is 5.97 Å². The normalized spacial score (nSPS) is 13.5. The van der Waals surface area contributed by atoms with Gasteiger partial charge in [0.1, 0.15) is 5.82 Å². The SMILES string of the molecule is Cc1ccc(C(CC(=O)O)C(C)(C)N)cc1F. The van der Waals surface area contributed by atoms with Crippen molar-refractivity contribution in [1.82, 2.24) is 0 Å². The van der Waals surface area contributed by atoms with Gasteiger partial charge in [0, 0.05) is 11.5 Å². The van der Waals surface area contributed by atoms with E-state index >= 15 is 0 Å². The van der Waals surface area contributed by atoms with Crippen LogP contribution in [-0.4, -0.2) is 16.6 Å². The molecule has 0 radical (unpaired) electrons. The van der Waals surface area contributed by atoms with E-state index in [1.54, 1.807) is 32.9 Å². The van der Waals surface area contributed by atoms with Crippen LogP contribution in [-0.2, 0) is 4.79 Å². The number of carbonyl (C=O) groups is 1. The van der Waals surface area contributed by atoms with Crippen LogP contribution >= 0.6 is 0 Å². The molecular weight excluding hydrogens is 221 g/mol. The second-order valence-electron chi connectivity index (χ2n) is 4.98. The fourth-order valence-corrected chi connectivity index (χ4v) is 1.81. The van der Waals surface area contributed by atoms with Crippen molar-refractivity contribution in [3.63, 3.8) is 0 Å². The van der Waals surface area contributed by atoms with E-state index in [2.05, 4.69) is 0 Å². The van der Waals surface area contributed by atoms with E-state index < -0.39 is 17.4 Å². The molecule has 17 heavy (non-hydrogen) atoms. The molecule has 3 N–H and O–H groups in total. The van der Waals surface area contributed by atoms with Gasteiger partial charge in [-0.15, -0.1) is 0 Å². The molecule has 94 valence electrons. The summed E-state index contributed by atoms with van der Waals surface area (Å²) in [4.78, 5) is 10.8. The van der Waals surface area contributed by atoms with Gasteiger partial charge in [-0.05, 0) is 38.0 Å². The number of aliphatic carboxylic acids is 1. The Morgan fingerprint density at radius 1 is 1.53 bits per heavy atom. The van der Waals surface area contributed by atoms with Crippen molar-refractivity contribution in [2.75, 3.05) is 0 Å². The first kappa shape index (κ1) is 13.6. The van der Waals surface area contributed by atoms with E-state index in [4.69, 9.17) is 10.8 Å². The smallest absolute Gasteiger partial charge is 0.304 e. The molecule has 0 fully saturated rings. The van der Waals surface area contributed by atoms with Crippen LogP contribution in [0.2, 0.25) is 0 Å². The molecule has 0 saturated heterocycles. The standard InChI is InChI=1S/C13H18FNO2/c1-8-4-5-9(6-11(8)14)10(7-12(16)17)13(2,3)15/h4-6,10H,7,15H2,1-3H3,(H,16,17). The molecule has 0 saturated carbocycles. The van der Waals surface area contributed by atoms with Gasteiger partial charge in [0.2, 0.25) is 0 Å². The number of carboxylic acid groups (broad SMARTS) is 1. The molecule has 1 atom stereocenters. The predicted molar refractivity (Wildman–Crippen MR) is 64.4 cm³/mol. The summed E-state index contributed by atoms with van der Waals surface area (Å²) in [5.41, 5.74) is 6.42. The minimum atomic E-state index is -0.936. The minimum Gasteiger partial charge on any atom is -0.481 e. The average molecular weight is 239 g/mol. The first-order chi connectivity index (χ1) is 7.71. The first-order valence-electron chi connectivity index (χ1n) is 5.48. The van der Waals surface area contributed by atoms with Gasteiger partial charge in [0.05, 0.1) is 6.42 Å². The number of carboxylic acids is 1. The molecule has 0 amide bonds. The zero-order chi connectivity index (χ0) is 13.2. The second-order valence-corrected chi connectivity index (χ2v) is 4.98. The van der Waals surface area contributed by atoms with Gasteiger partial charge in [-0.2, -0.15) is 0 Å². The van der Waals surface area contributed by atoms with E-state index in [9.17, 15) is 9.18 Å². The summed E-state index contributed by atoms with van der Waals surface area (Å²) in [7, 11) is 0. The largest absolute Gasteiger partial charge is 0.481 e. The highest BCUT2D eigenvalue weighted by Crippen LogP contribution is 2.30. The Bertz CT molecular complexity index is 424. The first-order valence-corrected chi connectivity index (χ1v) is 5.48. The van der Waals surface area contributed by atoms with Crippen LogP contribution < -0.4 is 5.73 Å². The van der Waals surface area contributed by atoms with Crippen LogP contribution in [0, 0.1) is 12.7 Å². The van der Waals surface area contributed by atoms with E-state index in [1.165, 1.54) is 6.07 Å². The third kappa shape index (κ3) is 3.53. The molecular formula is C13H18FNO2. The highest BCUT2D eigenvalue weighted by Gasteiger charge is 2.29. The van der Waals surface area contributed by atoms with Crippen LogP contribution in [0.25, 0.3) is 0 Å². The molecule has 0 aliphatic carbocycles. The zero-order valence-electron chi connectivity index (χ0n) is 10.3. The van der Waals surface area contributed by atoms with Gasteiger partial charge in [-0.1, -0.05) is 12.1 Å². The Kier molecular flexibility index (Phi) is 3.88. The van der Waals surface area contributed by atoms with Crippen LogP contribution in [0.15, 0.2) is 18.2 Å². The van der Waals surface area contributed by atoms with Crippen LogP contribution in [0.3, 0.4) is 0 Å². The molecule has 0 aliphatic heterocycles. The van der Waals surface area contributed by atoms with Crippen molar-refractivity contribution in [3.8, 4) is 0 Å². The molecule has 1 aromatic carbocycles. The van der Waals surface area contributed by atoms with Crippen LogP contribution in [0.1, 0.15) is 37.3 Å². The molecule has 0 heterocycles. The van der Waals surface area contributed by atoms with E-state index in [0.717, 1.165) is 0 Å². The number of nitrogens with two attached hydrogens (primary N) is 1. The van der Waals surface area contributed by atoms with Crippen LogP contribution in [0.4, 0.5) is 4.39 Å². The third-order valence-corrected chi connectivity index (χ3v) is 2.88. The Labute approximate surface area is 100 Å². The molecule has 3 nitrogen and oxygen atoms in total. The summed E-state index contributed by atoms with van der Waals surface area (Å²) < 4.78 is 13.5. The maximum absolute atomic E-state index is 13.5. The Morgan fingerprint density at radius 3 is 2.53 bits per heavy atom. The molecule has 4 heteroatoms. The zero-order valence-corrected chi connectivity index (χ0v) is 10.3. The molecule has 1 rings (SSSR count). The lowest BCUT2D eigenvalue weighted by molar-refractivity contribution is -0.137. The maximum atomic E-state index is 13.5. The number of hydrogen-bond donors (Lipinski definition) is 2. The number of halogens is 1. The van der Waals surface area contributed by atoms with E-state index in [1.807, 2.05) is 0 Å². The maximum Gasteiger partial charge on any atom is 0.304 e. The lowest BCUT2D eigenvalue weighted by atomic mass is 9.80. The number of hydrogen-bond acceptors (Lipinski definition) is 2. The lowest BCUT2D eigenvalue weighted by Gasteiger charge is -2.30. The van der Waals surface area contributed by atoms with Crippen molar-refractivity contribution < 1.29 is 14.3 Å². The summed E-state index contributed by atoms with van der Waals surface area (Å²) in [6.45, 7) is 5.16. The fourth-order valence-electron chi connectivity index (χ4n) is 1.81. The molecule has 1 aromatic rings. The number of rotatable bonds is 4. The van der Waals surface area contributed by atoms with Gasteiger partial charge >= 0.3 is 5.97 Å². The highest BCUT2D eigenvalue weighted by molar-refractivity contribution is 5.68. The second kappa shape index (κ2) is 4.84. The monoisotopic (exact) mass is 239 g/mol. The number of aryl methyl sites for hydroxylation is 1. The fraction of sp³-hybridized carbons (Fsp3) is 0.462. The molecule has 0 spiro atoms. The molecule has 0 aliphatic rings. The van der Waals surface area contributed by atoms with Gasteiger partial charge in [-0.3, -0.25) is 4.79 Å². The number of benzene rings is 1. The summed E-state index contributed by atoms with van der Waals surface area (Å²) >= 11 is 0. The molecule has 1 unspecified atom stereocenters. The van der Waals surface area contributed by atoms with E-state index in [0.29, 0.717) is 11.1 Å². The van der Waals surface area contributed by atoms with Gasteiger partial charge in [0.15, 0.2) is 0 Å². The molecule has 0 bridgehead atoms. The van der Waals surface area contributed by atoms with Crippen molar-refractivity contribution in [2.45, 2.75) is 38.6 Å². The summed E-state index contributed by atoms with van der Waals surface area (Å²) in [6, 6.07) is 4.75. The van der Waals surface area contributed by atoms with Crippen LogP contribution in [0.5, 0.6) is 0 Å². The Morgan fingerprint density at radius 2 is 2.12 bits per heavy atom. The third-order valence-electron chi connectivity index (χ3n) is 2.88. The topological polar surface area (TPSA) is 63.3 Å². The Balaban J connectivity index is 3.13. The van der Waals surface area contributed by atoms with Crippen molar-refractivity contribution in [1.29, 1.82) is 0 Å². The lowest BCUT2D eigenvalue weighted by Crippen LogP contribution is -2.40. The minimum absolute atomic E-state index is 0.105. The highest BCUT2D eigenvalue weighted by atomic mass is 19.1. The van der Waals surface area contributed by atoms with Crippen molar-refractivity contribution in [2.24, 2.45) is 5.73 Å². The quantitative estimate of drug-likeness (QED) is 0.848. The van der Waals surface area contributed by atoms with E-state index in [-0.39, 0.29) is 12.2 Å². The Hall–Kier alpha value is -1.42. The van der Waals surface area contributed by atoms with Gasteiger partial charge in [-0.25, -0.2) is 4.39 Å². The summed E-state index contributed by atoms with van der Waals surface area (Å²) in [5.74, 6) is -1.67.